The Balaban J connectivity index is 1.72. The summed E-state index contributed by atoms with van der Waals surface area (Å²) < 4.78 is 28.6. The molecule has 3 rings (SSSR count). The van der Waals surface area contributed by atoms with E-state index in [4.69, 9.17) is 4.74 Å². The second-order valence-corrected chi connectivity index (χ2v) is 9.15. The van der Waals surface area contributed by atoms with Crippen LogP contribution in [-0.2, 0) is 16.4 Å². The molecule has 2 aromatic rings. The van der Waals surface area contributed by atoms with Gasteiger partial charge in [-0.05, 0) is 25.6 Å². The zero-order valence-corrected chi connectivity index (χ0v) is 14.9. The van der Waals surface area contributed by atoms with Crippen LogP contribution in [0, 0.1) is 0 Å². The number of nitrogens with zero attached hydrogens (tertiary/aromatic N) is 2. The maximum Gasteiger partial charge on any atom is 0.151 e. The zero-order valence-electron chi connectivity index (χ0n) is 13.2. The third-order valence-corrected chi connectivity index (χ3v) is 6.89. The van der Waals surface area contributed by atoms with Crippen LogP contribution in [0.2, 0.25) is 0 Å². The van der Waals surface area contributed by atoms with E-state index >= 15 is 0 Å². The molecule has 0 aliphatic carbocycles. The number of rotatable bonds is 5. The van der Waals surface area contributed by atoms with Crippen LogP contribution in [0.1, 0.15) is 11.3 Å². The molecule has 0 radical (unpaired) electrons. The second kappa shape index (κ2) is 6.59. The number of benzene rings is 1. The maximum atomic E-state index is 11.6. The number of ether oxygens (including phenoxy) is 1. The topological polar surface area (TPSA) is 59.5 Å². The number of sulfone groups is 1. The predicted octanol–water partition coefficient (Wildman–Crippen LogP) is 2.44. The van der Waals surface area contributed by atoms with E-state index in [0.717, 1.165) is 27.6 Å². The molecule has 2 heterocycles. The summed E-state index contributed by atoms with van der Waals surface area (Å²) in [4.78, 5) is 7.73. The van der Waals surface area contributed by atoms with E-state index < -0.39 is 9.84 Å². The fraction of sp³-hybridized carbons (Fsp3) is 0.438. The summed E-state index contributed by atoms with van der Waals surface area (Å²) in [6, 6.07) is 7.93. The van der Waals surface area contributed by atoms with E-state index in [2.05, 4.69) is 9.88 Å². The predicted molar refractivity (Wildman–Crippen MR) is 92.6 cm³/mol. The Hall–Kier alpha value is -1.44. The van der Waals surface area contributed by atoms with Gasteiger partial charge in [-0.25, -0.2) is 13.4 Å². The van der Waals surface area contributed by atoms with E-state index in [1.807, 2.05) is 37.5 Å². The van der Waals surface area contributed by atoms with Crippen molar-refractivity contribution >= 4 is 21.2 Å². The molecular weight excluding hydrogens is 332 g/mol. The minimum absolute atomic E-state index is 0.108. The lowest BCUT2D eigenvalue weighted by molar-refractivity contribution is 0.256. The fourth-order valence-corrected chi connectivity index (χ4v) is 5.64. The third kappa shape index (κ3) is 3.73. The molecule has 0 spiro atoms. The van der Waals surface area contributed by atoms with Crippen LogP contribution in [0.25, 0.3) is 10.6 Å². The van der Waals surface area contributed by atoms with E-state index in [9.17, 15) is 8.42 Å². The third-order valence-electron chi connectivity index (χ3n) is 4.13. The van der Waals surface area contributed by atoms with Gasteiger partial charge in [-0.3, -0.25) is 4.90 Å². The van der Waals surface area contributed by atoms with Gasteiger partial charge in [0.1, 0.15) is 10.8 Å². The van der Waals surface area contributed by atoms with Gasteiger partial charge >= 0.3 is 0 Å². The average molecular weight is 352 g/mol. The lowest BCUT2D eigenvalue weighted by Gasteiger charge is -2.21. The number of para-hydroxylation sites is 1. The molecule has 1 aliphatic heterocycles. The number of aromatic nitrogens is 1. The first-order chi connectivity index (χ1) is 11.0. The van der Waals surface area contributed by atoms with Gasteiger partial charge in [0.2, 0.25) is 0 Å². The van der Waals surface area contributed by atoms with Crippen LogP contribution in [0.15, 0.2) is 30.5 Å². The number of hydrogen-bond acceptors (Lipinski definition) is 6. The summed E-state index contributed by atoms with van der Waals surface area (Å²) in [6.07, 6.45) is 2.59. The molecule has 0 N–H and O–H groups in total. The zero-order chi connectivity index (χ0) is 16.4. The van der Waals surface area contributed by atoms with Crippen LogP contribution in [0.4, 0.5) is 0 Å². The first kappa shape index (κ1) is 16.4. The molecule has 1 saturated heterocycles. The molecule has 5 nitrogen and oxygen atoms in total. The number of thiazole rings is 1. The van der Waals surface area contributed by atoms with Crippen molar-refractivity contribution in [3.05, 3.63) is 35.3 Å². The van der Waals surface area contributed by atoms with Crippen LogP contribution >= 0.6 is 11.3 Å². The van der Waals surface area contributed by atoms with Gasteiger partial charge in [0.15, 0.2) is 9.84 Å². The van der Waals surface area contributed by atoms with Crippen LogP contribution < -0.4 is 4.74 Å². The minimum Gasteiger partial charge on any atom is -0.496 e. The smallest absolute Gasteiger partial charge is 0.151 e. The van der Waals surface area contributed by atoms with E-state index in [1.165, 1.54) is 0 Å². The minimum atomic E-state index is -2.85. The van der Waals surface area contributed by atoms with E-state index in [0.29, 0.717) is 12.3 Å². The molecule has 1 atom stereocenters. The SMILES string of the molecule is COc1ccccc1-c1ncc(CN(C)[C@@H]2CCS(=O)(=O)C2)s1. The van der Waals surface area contributed by atoms with Crippen molar-refractivity contribution in [2.24, 2.45) is 0 Å². The summed E-state index contributed by atoms with van der Waals surface area (Å²) >= 11 is 1.62. The Morgan fingerprint density at radius 1 is 1.39 bits per heavy atom. The first-order valence-corrected chi connectivity index (χ1v) is 10.1. The summed E-state index contributed by atoms with van der Waals surface area (Å²) in [6.45, 7) is 0.715. The van der Waals surface area contributed by atoms with Gasteiger partial charge in [-0.1, -0.05) is 12.1 Å². The summed E-state index contributed by atoms with van der Waals surface area (Å²) in [5.41, 5.74) is 0.984. The monoisotopic (exact) mass is 352 g/mol. The van der Waals surface area contributed by atoms with Gasteiger partial charge in [-0.15, -0.1) is 11.3 Å². The first-order valence-electron chi connectivity index (χ1n) is 7.47. The highest BCUT2D eigenvalue weighted by atomic mass is 32.2. The molecule has 1 aliphatic rings. The fourth-order valence-electron chi connectivity index (χ4n) is 2.82. The van der Waals surface area contributed by atoms with Crippen LogP contribution in [0.5, 0.6) is 5.75 Å². The van der Waals surface area contributed by atoms with Gasteiger partial charge in [0.05, 0.1) is 24.2 Å². The van der Waals surface area contributed by atoms with Gasteiger partial charge < -0.3 is 4.74 Å². The molecule has 23 heavy (non-hydrogen) atoms. The van der Waals surface area contributed by atoms with Crippen molar-refractivity contribution in [2.75, 3.05) is 25.7 Å². The van der Waals surface area contributed by atoms with Gasteiger partial charge in [0.25, 0.3) is 0 Å². The maximum absolute atomic E-state index is 11.6. The molecule has 1 aromatic carbocycles. The van der Waals surface area contributed by atoms with Gasteiger partial charge in [0, 0.05) is 23.7 Å². The van der Waals surface area contributed by atoms with Crippen molar-refractivity contribution in [1.82, 2.24) is 9.88 Å². The van der Waals surface area contributed by atoms with Crippen molar-refractivity contribution in [3.8, 4) is 16.3 Å². The molecule has 0 unspecified atom stereocenters. The number of hydrogen-bond donors (Lipinski definition) is 0. The van der Waals surface area contributed by atoms with E-state index in [-0.39, 0.29) is 11.8 Å². The Bertz CT molecular complexity index is 786. The Morgan fingerprint density at radius 3 is 2.87 bits per heavy atom. The second-order valence-electron chi connectivity index (χ2n) is 5.80. The van der Waals surface area contributed by atoms with Gasteiger partial charge in [-0.2, -0.15) is 0 Å². The Kier molecular flexibility index (Phi) is 4.70. The lowest BCUT2D eigenvalue weighted by atomic mass is 10.2. The Morgan fingerprint density at radius 2 is 2.17 bits per heavy atom. The van der Waals surface area contributed by atoms with E-state index in [1.54, 1.807) is 18.4 Å². The highest BCUT2D eigenvalue weighted by Crippen LogP contribution is 2.33. The summed E-state index contributed by atoms with van der Waals surface area (Å²) in [5, 5.41) is 0.921. The molecular formula is C16H20N2O3S2. The molecule has 1 aromatic heterocycles. The largest absolute Gasteiger partial charge is 0.496 e. The van der Waals surface area contributed by atoms with Crippen molar-refractivity contribution < 1.29 is 13.2 Å². The summed E-state index contributed by atoms with van der Waals surface area (Å²) in [5.74, 6) is 1.38. The normalized spacial score (nSPS) is 20.0. The standard InChI is InChI=1S/C16H20N2O3S2/c1-18(12-7-8-23(19,20)11-12)10-13-9-17-16(22-13)14-5-3-4-6-15(14)21-2/h3-6,9,12H,7-8,10-11H2,1-2H3/t12-/m1/s1. The molecule has 7 heteroatoms. The van der Waals surface area contributed by atoms with Crippen LogP contribution in [0.3, 0.4) is 0 Å². The molecule has 1 fully saturated rings. The molecule has 124 valence electrons. The quantitative estimate of drug-likeness (QED) is 0.827. The lowest BCUT2D eigenvalue weighted by Crippen LogP contribution is -2.31. The Labute approximate surface area is 140 Å². The molecule has 0 saturated carbocycles. The highest BCUT2D eigenvalue weighted by Gasteiger charge is 2.30. The highest BCUT2D eigenvalue weighted by molar-refractivity contribution is 7.91. The van der Waals surface area contributed by atoms with Crippen molar-refractivity contribution in [2.45, 2.75) is 19.0 Å². The van der Waals surface area contributed by atoms with Crippen molar-refractivity contribution in [3.63, 3.8) is 0 Å². The summed E-state index contributed by atoms with van der Waals surface area (Å²) in [7, 11) is 0.785. The molecule has 0 amide bonds. The average Bonchev–Trinajstić information content (AvgIpc) is 3.13. The van der Waals surface area contributed by atoms with Crippen LogP contribution in [-0.4, -0.2) is 50.0 Å². The van der Waals surface area contributed by atoms with Crippen molar-refractivity contribution in [1.29, 1.82) is 0 Å². The number of methoxy groups -OCH3 is 1. The molecule has 0 bridgehead atoms.